The molecule has 1 aromatic heterocycles. The number of nitrogens with zero attached hydrogens (tertiary/aromatic N) is 6. The third-order valence-corrected chi connectivity index (χ3v) is 5.59. The molecule has 1 aliphatic rings. The Bertz CT molecular complexity index is 1010. The molecule has 0 aliphatic carbocycles. The summed E-state index contributed by atoms with van der Waals surface area (Å²) in [4.78, 5) is 17.2. The molecule has 1 saturated heterocycles. The predicted octanol–water partition coefficient (Wildman–Crippen LogP) is 2.88. The highest BCUT2D eigenvalue weighted by atomic mass is 35.5. The molecule has 4 rings (SSSR count). The molecule has 1 fully saturated rings. The summed E-state index contributed by atoms with van der Waals surface area (Å²) in [5, 5.41) is 12.3. The fourth-order valence-corrected chi connectivity index (χ4v) is 3.70. The number of piperazine rings is 1. The van der Waals surface area contributed by atoms with Crippen LogP contribution in [0.4, 0.5) is 0 Å². The fourth-order valence-electron chi connectivity index (χ4n) is 3.58. The molecule has 0 saturated carbocycles. The minimum absolute atomic E-state index is 0.0231. The lowest BCUT2D eigenvalue weighted by Crippen LogP contribution is -2.48. The van der Waals surface area contributed by atoms with Crippen LogP contribution in [0.15, 0.2) is 48.5 Å². The highest BCUT2D eigenvalue weighted by Crippen LogP contribution is 2.18. The Hall–Kier alpha value is -2.97. The number of aromatic nitrogens is 4. The zero-order valence-electron chi connectivity index (χ0n) is 17.4. The molecule has 0 spiro atoms. The van der Waals surface area contributed by atoms with Crippen molar-refractivity contribution >= 4 is 17.5 Å². The fraction of sp³-hybridized carbons (Fsp3) is 0.364. The van der Waals surface area contributed by atoms with Crippen molar-refractivity contribution in [1.82, 2.24) is 30.0 Å². The smallest absolute Gasteiger partial charge is 0.254 e. The minimum Gasteiger partial charge on any atom is -0.486 e. The lowest BCUT2D eigenvalue weighted by atomic mass is 10.1. The average molecular weight is 441 g/mol. The maximum absolute atomic E-state index is 13.0. The standard InChI is InChI=1S/C22H25ClN6O2/c1-2-29-21(24-25-26-29)16-31-20-5-3-4-18(14-20)22(30)28-12-10-27(11-13-28)15-17-6-8-19(23)9-7-17/h3-9,14H,2,10-13,15-16H2,1H3. The van der Waals surface area contributed by atoms with Gasteiger partial charge in [0.05, 0.1) is 0 Å². The Balaban J connectivity index is 1.31. The monoisotopic (exact) mass is 440 g/mol. The number of benzene rings is 2. The van der Waals surface area contributed by atoms with E-state index in [9.17, 15) is 4.79 Å². The van der Waals surface area contributed by atoms with Gasteiger partial charge < -0.3 is 9.64 Å². The van der Waals surface area contributed by atoms with E-state index in [0.717, 1.165) is 24.7 Å². The van der Waals surface area contributed by atoms with E-state index < -0.39 is 0 Å². The second-order valence-corrected chi connectivity index (χ2v) is 7.86. The average Bonchev–Trinajstić information content (AvgIpc) is 3.27. The van der Waals surface area contributed by atoms with E-state index in [1.807, 2.05) is 54.3 Å². The SMILES string of the molecule is CCn1nnnc1COc1cccc(C(=O)N2CCN(Cc3ccc(Cl)cc3)CC2)c1. The molecule has 0 unspecified atom stereocenters. The van der Waals surface area contributed by atoms with E-state index in [1.165, 1.54) is 5.56 Å². The Morgan fingerprint density at radius 3 is 2.61 bits per heavy atom. The first kappa shape index (κ1) is 21.3. The van der Waals surface area contributed by atoms with Crippen LogP contribution in [-0.4, -0.2) is 62.1 Å². The van der Waals surface area contributed by atoms with Crippen molar-refractivity contribution in [3.05, 3.63) is 70.5 Å². The number of carbonyl (C=O) groups is 1. The second kappa shape index (κ2) is 9.89. The third kappa shape index (κ3) is 5.39. The first-order valence-electron chi connectivity index (χ1n) is 10.4. The van der Waals surface area contributed by atoms with Crippen LogP contribution in [-0.2, 0) is 19.7 Å². The number of amides is 1. The summed E-state index contributed by atoms with van der Waals surface area (Å²) in [6, 6.07) is 15.2. The van der Waals surface area contributed by atoms with Gasteiger partial charge in [-0.05, 0) is 53.2 Å². The molecule has 3 aromatic rings. The summed E-state index contributed by atoms with van der Waals surface area (Å²) < 4.78 is 7.49. The van der Waals surface area contributed by atoms with E-state index in [0.29, 0.717) is 36.8 Å². The molecule has 1 aliphatic heterocycles. The zero-order valence-corrected chi connectivity index (χ0v) is 18.2. The van der Waals surface area contributed by atoms with Crippen LogP contribution in [0.5, 0.6) is 5.75 Å². The van der Waals surface area contributed by atoms with Crippen molar-refractivity contribution < 1.29 is 9.53 Å². The summed E-state index contributed by atoms with van der Waals surface area (Å²) in [5.41, 5.74) is 1.85. The van der Waals surface area contributed by atoms with Crippen molar-refractivity contribution in [1.29, 1.82) is 0 Å². The number of hydrogen-bond donors (Lipinski definition) is 0. The van der Waals surface area contributed by atoms with Crippen LogP contribution in [0, 0.1) is 0 Å². The van der Waals surface area contributed by atoms with Crippen molar-refractivity contribution in [2.24, 2.45) is 0 Å². The molecule has 0 bridgehead atoms. The molecule has 2 heterocycles. The second-order valence-electron chi connectivity index (χ2n) is 7.42. The molecule has 2 aromatic carbocycles. The summed E-state index contributed by atoms with van der Waals surface area (Å²) in [7, 11) is 0. The van der Waals surface area contributed by atoms with Gasteiger partial charge in [0.1, 0.15) is 12.4 Å². The van der Waals surface area contributed by atoms with Gasteiger partial charge in [0, 0.05) is 49.9 Å². The van der Waals surface area contributed by atoms with Crippen LogP contribution in [0.3, 0.4) is 0 Å². The van der Waals surface area contributed by atoms with Crippen molar-refractivity contribution in [3.8, 4) is 5.75 Å². The molecule has 162 valence electrons. The summed E-state index contributed by atoms with van der Waals surface area (Å²) >= 11 is 5.96. The van der Waals surface area contributed by atoms with E-state index in [2.05, 4.69) is 20.4 Å². The Labute approximate surface area is 186 Å². The Kier molecular flexibility index (Phi) is 6.79. The maximum atomic E-state index is 13.0. The summed E-state index contributed by atoms with van der Waals surface area (Å²) in [5.74, 6) is 1.30. The number of hydrogen-bond acceptors (Lipinski definition) is 6. The number of tetrazole rings is 1. The molecule has 1 amide bonds. The molecule has 9 heteroatoms. The minimum atomic E-state index is 0.0231. The highest BCUT2D eigenvalue weighted by Gasteiger charge is 2.22. The van der Waals surface area contributed by atoms with Gasteiger partial charge in [-0.15, -0.1) is 5.10 Å². The lowest BCUT2D eigenvalue weighted by molar-refractivity contribution is 0.0628. The number of ether oxygens (including phenoxy) is 1. The number of rotatable bonds is 7. The number of aryl methyl sites for hydroxylation is 1. The zero-order chi connectivity index (χ0) is 21.6. The first-order valence-corrected chi connectivity index (χ1v) is 10.7. The third-order valence-electron chi connectivity index (χ3n) is 5.33. The topological polar surface area (TPSA) is 76.4 Å². The predicted molar refractivity (Wildman–Crippen MR) is 117 cm³/mol. The van der Waals surface area contributed by atoms with Crippen molar-refractivity contribution in [3.63, 3.8) is 0 Å². The van der Waals surface area contributed by atoms with Crippen LogP contribution in [0.25, 0.3) is 0 Å². The van der Waals surface area contributed by atoms with Gasteiger partial charge in [-0.3, -0.25) is 9.69 Å². The Morgan fingerprint density at radius 2 is 1.87 bits per heavy atom. The molecular weight excluding hydrogens is 416 g/mol. The van der Waals surface area contributed by atoms with Gasteiger partial charge in [0.15, 0.2) is 5.82 Å². The summed E-state index contributed by atoms with van der Waals surface area (Å²) in [6.07, 6.45) is 0. The summed E-state index contributed by atoms with van der Waals surface area (Å²) in [6.45, 7) is 6.82. The highest BCUT2D eigenvalue weighted by molar-refractivity contribution is 6.30. The maximum Gasteiger partial charge on any atom is 0.254 e. The van der Waals surface area contributed by atoms with Crippen LogP contribution >= 0.6 is 11.6 Å². The number of halogens is 1. The van der Waals surface area contributed by atoms with E-state index >= 15 is 0 Å². The van der Waals surface area contributed by atoms with Crippen LogP contribution in [0.2, 0.25) is 5.02 Å². The Morgan fingerprint density at radius 1 is 1.10 bits per heavy atom. The molecule has 0 radical (unpaired) electrons. The lowest BCUT2D eigenvalue weighted by Gasteiger charge is -2.34. The van der Waals surface area contributed by atoms with E-state index in [-0.39, 0.29) is 12.5 Å². The quantitative estimate of drug-likeness (QED) is 0.562. The largest absolute Gasteiger partial charge is 0.486 e. The molecule has 0 N–H and O–H groups in total. The normalized spacial score (nSPS) is 14.6. The van der Waals surface area contributed by atoms with E-state index in [1.54, 1.807) is 10.7 Å². The molecular formula is C22H25ClN6O2. The van der Waals surface area contributed by atoms with Gasteiger partial charge >= 0.3 is 0 Å². The van der Waals surface area contributed by atoms with Crippen LogP contribution in [0.1, 0.15) is 28.7 Å². The first-order chi connectivity index (χ1) is 15.1. The van der Waals surface area contributed by atoms with Gasteiger partial charge in [0.2, 0.25) is 0 Å². The van der Waals surface area contributed by atoms with E-state index in [4.69, 9.17) is 16.3 Å². The number of carbonyl (C=O) groups excluding carboxylic acids is 1. The molecule has 8 nitrogen and oxygen atoms in total. The van der Waals surface area contributed by atoms with Gasteiger partial charge in [-0.25, -0.2) is 4.68 Å². The molecule has 0 atom stereocenters. The molecule has 31 heavy (non-hydrogen) atoms. The van der Waals surface area contributed by atoms with Gasteiger partial charge in [-0.2, -0.15) is 0 Å². The van der Waals surface area contributed by atoms with Gasteiger partial charge in [-0.1, -0.05) is 29.8 Å². The van der Waals surface area contributed by atoms with Crippen molar-refractivity contribution in [2.75, 3.05) is 26.2 Å². The van der Waals surface area contributed by atoms with Crippen molar-refractivity contribution in [2.45, 2.75) is 26.6 Å². The van der Waals surface area contributed by atoms with Crippen LogP contribution < -0.4 is 4.74 Å². The van der Waals surface area contributed by atoms with Gasteiger partial charge in [0.25, 0.3) is 5.91 Å².